The molecule has 0 radical (unpaired) electrons. The molecule has 1 fully saturated rings. The van der Waals surface area contributed by atoms with E-state index in [1.807, 2.05) is 29.2 Å². The molecule has 0 spiro atoms. The summed E-state index contributed by atoms with van der Waals surface area (Å²) in [4.78, 5) is 14.4. The van der Waals surface area contributed by atoms with Crippen LogP contribution in [0.4, 0.5) is 0 Å². The molecule has 1 aliphatic heterocycles. The summed E-state index contributed by atoms with van der Waals surface area (Å²) >= 11 is 23.6. The van der Waals surface area contributed by atoms with Gasteiger partial charge in [-0.1, -0.05) is 46.4 Å². The van der Waals surface area contributed by atoms with Crippen molar-refractivity contribution in [3.63, 3.8) is 0 Å². The van der Waals surface area contributed by atoms with E-state index in [4.69, 9.17) is 60.6 Å². The molecule has 33 heavy (non-hydrogen) atoms. The number of hydrogen-bond acceptors (Lipinski definition) is 4. The van der Waals surface area contributed by atoms with Gasteiger partial charge in [-0.25, -0.2) is 0 Å². The second-order valence-electron chi connectivity index (χ2n) is 7.45. The fourth-order valence-electron chi connectivity index (χ4n) is 3.36. The van der Waals surface area contributed by atoms with E-state index in [1.165, 1.54) is 12.5 Å². The molecule has 178 valence electrons. The lowest BCUT2D eigenvalue weighted by Crippen LogP contribution is -2.35. The third-order valence-corrected chi connectivity index (χ3v) is 5.88. The standard InChI is InChI=1S/C24H25Cl4NO4/c25-20-15-19(32-14-9-22(27)28)16-21(26)23(20)33-13-4-12-31-18-7-5-17(6-8-18)24(30)29-10-2-1-3-11-29/h5-9,15-16H,1-4,10-14H2. The molecular weight excluding hydrogens is 508 g/mol. The molecule has 1 amide bonds. The van der Waals surface area contributed by atoms with E-state index >= 15 is 0 Å². The summed E-state index contributed by atoms with van der Waals surface area (Å²) in [6.07, 6.45) is 5.48. The molecule has 1 heterocycles. The fourth-order valence-corrected chi connectivity index (χ4v) is 4.06. The van der Waals surface area contributed by atoms with E-state index in [2.05, 4.69) is 0 Å². The van der Waals surface area contributed by atoms with Gasteiger partial charge in [0.25, 0.3) is 5.91 Å². The number of nitrogens with zero attached hydrogens (tertiary/aromatic N) is 1. The second kappa shape index (κ2) is 13.2. The molecule has 1 aliphatic rings. The van der Waals surface area contributed by atoms with Crippen LogP contribution in [0.15, 0.2) is 47.0 Å². The van der Waals surface area contributed by atoms with Gasteiger partial charge in [0.15, 0.2) is 5.75 Å². The number of carbonyl (C=O) groups is 1. The van der Waals surface area contributed by atoms with Crippen molar-refractivity contribution >= 4 is 52.3 Å². The first-order valence-electron chi connectivity index (χ1n) is 10.7. The van der Waals surface area contributed by atoms with Gasteiger partial charge >= 0.3 is 0 Å². The number of likely N-dealkylation sites (tertiary alicyclic amines) is 1. The Morgan fingerprint density at radius 1 is 0.879 bits per heavy atom. The Hall–Kier alpha value is -1.79. The molecule has 1 saturated heterocycles. The summed E-state index contributed by atoms with van der Waals surface area (Å²) in [5.74, 6) is 1.65. The summed E-state index contributed by atoms with van der Waals surface area (Å²) < 4.78 is 17.1. The van der Waals surface area contributed by atoms with Crippen LogP contribution in [0.3, 0.4) is 0 Å². The van der Waals surface area contributed by atoms with E-state index in [0.717, 1.165) is 25.9 Å². The molecule has 0 aromatic heterocycles. The largest absolute Gasteiger partial charge is 0.493 e. The van der Waals surface area contributed by atoms with Gasteiger partial charge in [0.1, 0.15) is 22.6 Å². The van der Waals surface area contributed by atoms with Gasteiger partial charge in [0.05, 0.1) is 23.3 Å². The van der Waals surface area contributed by atoms with Crippen molar-refractivity contribution in [2.45, 2.75) is 25.7 Å². The molecule has 2 aromatic carbocycles. The first-order chi connectivity index (χ1) is 15.9. The first-order valence-corrected chi connectivity index (χ1v) is 12.2. The highest BCUT2D eigenvalue weighted by Crippen LogP contribution is 2.37. The number of halogens is 4. The van der Waals surface area contributed by atoms with Crippen LogP contribution >= 0.6 is 46.4 Å². The average Bonchev–Trinajstić information content (AvgIpc) is 2.80. The Labute approximate surface area is 214 Å². The molecule has 0 atom stereocenters. The Morgan fingerprint density at radius 2 is 1.52 bits per heavy atom. The minimum Gasteiger partial charge on any atom is -0.493 e. The van der Waals surface area contributed by atoms with Crippen molar-refractivity contribution in [1.29, 1.82) is 0 Å². The van der Waals surface area contributed by atoms with Crippen molar-refractivity contribution < 1.29 is 19.0 Å². The first kappa shape index (κ1) is 25.8. The van der Waals surface area contributed by atoms with Crippen LogP contribution < -0.4 is 14.2 Å². The summed E-state index contributed by atoms with van der Waals surface area (Å²) in [5, 5.41) is 0.682. The quantitative estimate of drug-likeness (QED) is 0.304. The van der Waals surface area contributed by atoms with E-state index in [1.54, 1.807) is 12.1 Å². The van der Waals surface area contributed by atoms with Crippen molar-refractivity contribution in [2.75, 3.05) is 32.9 Å². The monoisotopic (exact) mass is 531 g/mol. The number of piperidine rings is 1. The highest BCUT2D eigenvalue weighted by molar-refractivity contribution is 6.55. The number of amides is 1. The zero-order chi connectivity index (χ0) is 23.6. The van der Waals surface area contributed by atoms with Gasteiger partial charge in [0, 0.05) is 37.2 Å². The van der Waals surface area contributed by atoms with Crippen LogP contribution in [0.5, 0.6) is 17.2 Å². The summed E-state index contributed by atoms with van der Waals surface area (Å²) in [7, 11) is 0. The lowest BCUT2D eigenvalue weighted by atomic mass is 10.1. The Kier molecular flexibility index (Phi) is 10.3. The second-order valence-corrected chi connectivity index (χ2v) is 9.27. The lowest BCUT2D eigenvalue weighted by molar-refractivity contribution is 0.0724. The third kappa shape index (κ3) is 8.18. The van der Waals surface area contributed by atoms with Crippen LogP contribution in [0.1, 0.15) is 36.0 Å². The zero-order valence-corrected chi connectivity index (χ0v) is 21.0. The van der Waals surface area contributed by atoms with Crippen LogP contribution in [-0.4, -0.2) is 43.7 Å². The summed E-state index contributed by atoms with van der Waals surface area (Å²) in [6.45, 7) is 2.68. The minimum absolute atomic E-state index is 0.0825. The minimum atomic E-state index is 0.0825. The Bertz CT molecular complexity index is 932. The van der Waals surface area contributed by atoms with E-state index in [0.29, 0.717) is 52.5 Å². The fraction of sp³-hybridized carbons (Fsp3) is 0.375. The van der Waals surface area contributed by atoms with E-state index in [9.17, 15) is 4.79 Å². The molecule has 0 aliphatic carbocycles. The van der Waals surface area contributed by atoms with Gasteiger partial charge in [-0.05, 0) is 49.6 Å². The number of carbonyl (C=O) groups excluding carboxylic acids is 1. The van der Waals surface area contributed by atoms with Gasteiger partial charge in [-0.15, -0.1) is 0 Å². The van der Waals surface area contributed by atoms with E-state index in [-0.39, 0.29) is 17.0 Å². The third-order valence-electron chi connectivity index (χ3n) is 5.01. The van der Waals surface area contributed by atoms with Gasteiger partial charge in [0.2, 0.25) is 0 Å². The maximum Gasteiger partial charge on any atom is 0.253 e. The molecular formula is C24H25Cl4NO4. The van der Waals surface area contributed by atoms with Crippen molar-refractivity contribution in [3.05, 3.63) is 62.6 Å². The summed E-state index contributed by atoms with van der Waals surface area (Å²) in [5.41, 5.74) is 0.686. The number of benzene rings is 2. The van der Waals surface area contributed by atoms with E-state index < -0.39 is 0 Å². The van der Waals surface area contributed by atoms with Crippen LogP contribution in [0.25, 0.3) is 0 Å². The topological polar surface area (TPSA) is 48.0 Å². The van der Waals surface area contributed by atoms with Crippen LogP contribution in [-0.2, 0) is 0 Å². The maximum absolute atomic E-state index is 12.5. The SMILES string of the molecule is O=C(c1ccc(OCCCOc2c(Cl)cc(OCC=C(Cl)Cl)cc2Cl)cc1)N1CCCCC1. The highest BCUT2D eigenvalue weighted by Gasteiger charge is 2.18. The normalized spacial score (nSPS) is 13.4. The molecule has 0 saturated carbocycles. The molecule has 0 unspecified atom stereocenters. The predicted octanol–water partition coefficient (Wildman–Crippen LogP) is 7.17. The molecule has 5 nitrogen and oxygen atoms in total. The predicted molar refractivity (Wildman–Crippen MR) is 134 cm³/mol. The molecule has 0 N–H and O–H groups in total. The number of ether oxygens (including phenoxy) is 3. The Morgan fingerprint density at radius 3 is 2.15 bits per heavy atom. The van der Waals surface area contributed by atoms with Crippen LogP contribution in [0, 0.1) is 0 Å². The lowest BCUT2D eigenvalue weighted by Gasteiger charge is -2.26. The van der Waals surface area contributed by atoms with Crippen LogP contribution in [0.2, 0.25) is 10.0 Å². The summed E-state index contributed by atoms with van der Waals surface area (Å²) in [6, 6.07) is 10.5. The van der Waals surface area contributed by atoms with Crippen molar-refractivity contribution in [2.24, 2.45) is 0 Å². The van der Waals surface area contributed by atoms with Crippen molar-refractivity contribution in [1.82, 2.24) is 4.90 Å². The molecule has 9 heteroatoms. The maximum atomic E-state index is 12.5. The molecule has 0 bridgehead atoms. The Balaban J connectivity index is 1.41. The molecule has 3 rings (SSSR count). The number of rotatable bonds is 10. The van der Waals surface area contributed by atoms with Gasteiger partial charge < -0.3 is 19.1 Å². The molecule has 2 aromatic rings. The number of hydrogen-bond donors (Lipinski definition) is 0. The smallest absolute Gasteiger partial charge is 0.253 e. The zero-order valence-electron chi connectivity index (χ0n) is 18.0. The average molecular weight is 533 g/mol. The highest BCUT2D eigenvalue weighted by atomic mass is 35.5. The van der Waals surface area contributed by atoms with Gasteiger partial charge in [-0.2, -0.15) is 0 Å². The van der Waals surface area contributed by atoms with Gasteiger partial charge in [-0.3, -0.25) is 4.79 Å². The van der Waals surface area contributed by atoms with Crippen molar-refractivity contribution in [3.8, 4) is 17.2 Å².